The molecule has 0 spiro atoms. The Bertz CT molecular complexity index is 748. The highest BCUT2D eigenvalue weighted by molar-refractivity contribution is 5.90. The molecule has 0 atom stereocenters. The van der Waals surface area contributed by atoms with Crippen LogP contribution in [0, 0.1) is 0 Å². The Morgan fingerprint density at radius 1 is 1.17 bits per heavy atom. The van der Waals surface area contributed by atoms with Gasteiger partial charge in [0.25, 0.3) is 0 Å². The van der Waals surface area contributed by atoms with Crippen LogP contribution in [0.2, 0.25) is 0 Å². The van der Waals surface area contributed by atoms with Gasteiger partial charge in [-0.25, -0.2) is 9.48 Å². The van der Waals surface area contributed by atoms with Gasteiger partial charge in [-0.05, 0) is 25.1 Å². The van der Waals surface area contributed by atoms with Crippen LogP contribution in [0.5, 0.6) is 0 Å². The molecule has 0 radical (unpaired) electrons. The Morgan fingerprint density at radius 2 is 1.83 bits per heavy atom. The van der Waals surface area contributed by atoms with Crippen LogP contribution in [0.4, 0.5) is 26.3 Å². The van der Waals surface area contributed by atoms with Gasteiger partial charge in [0.1, 0.15) is 5.56 Å². The van der Waals surface area contributed by atoms with Crippen molar-refractivity contribution < 1.29 is 35.9 Å². The molecule has 0 saturated heterocycles. The maximum atomic E-state index is 13.3. The number of benzene rings is 1. The number of hydrogen-bond acceptors (Lipinski definition) is 3. The van der Waals surface area contributed by atoms with Crippen molar-refractivity contribution in [3.63, 3.8) is 0 Å². The SMILES string of the molecule is CCOC(=O)c1cnn(-c2cccc(C(F)(F)F)c2)c1C(F)(F)F. The molecular weight excluding hydrogens is 342 g/mol. The molecule has 0 fully saturated rings. The monoisotopic (exact) mass is 352 g/mol. The van der Waals surface area contributed by atoms with E-state index in [1.807, 2.05) is 0 Å². The summed E-state index contributed by atoms with van der Waals surface area (Å²) in [6, 6.07) is 3.19. The third kappa shape index (κ3) is 3.52. The molecule has 10 heteroatoms. The second kappa shape index (κ2) is 6.17. The van der Waals surface area contributed by atoms with Crippen molar-refractivity contribution in [1.29, 1.82) is 0 Å². The summed E-state index contributed by atoms with van der Waals surface area (Å²) >= 11 is 0. The molecule has 0 bridgehead atoms. The zero-order valence-corrected chi connectivity index (χ0v) is 12.1. The first-order valence-electron chi connectivity index (χ1n) is 6.55. The number of alkyl halides is 6. The minimum atomic E-state index is -5.02. The summed E-state index contributed by atoms with van der Waals surface area (Å²) < 4.78 is 82.8. The fourth-order valence-corrected chi connectivity index (χ4v) is 1.99. The quantitative estimate of drug-likeness (QED) is 0.617. The number of rotatable bonds is 3. The molecule has 24 heavy (non-hydrogen) atoms. The zero-order valence-electron chi connectivity index (χ0n) is 12.1. The van der Waals surface area contributed by atoms with Crippen LogP contribution < -0.4 is 0 Å². The Morgan fingerprint density at radius 3 is 2.38 bits per heavy atom. The molecule has 1 aromatic heterocycles. The van der Waals surface area contributed by atoms with E-state index in [0.29, 0.717) is 18.3 Å². The Balaban J connectivity index is 2.62. The van der Waals surface area contributed by atoms with Crippen LogP contribution >= 0.6 is 0 Å². The first-order valence-corrected chi connectivity index (χ1v) is 6.55. The number of ether oxygens (including phenoxy) is 1. The van der Waals surface area contributed by atoms with E-state index in [2.05, 4.69) is 9.84 Å². The average Bonchev–Trinajstić information content (AvgIpc) is 2.92. The molecule has 130 valence electrons. The molecule has 4 nitrogen and oxygen atoms in total. The second-order valence-corrected chi connectivity index (χ2v) is 4.58. The lowest BCUT2D eigenvalue weighted by molar-refractivity contribution is -0.143. The molecule has 0 saturated carbocycles. The maximum absolute atomic E-state index is 13.3. The van der Waals surface area contributed by atoms with Crippen LogP contribution in [0.1, 0.15) is 28.5 Å². The number of nitrogens with zero attached hydrogens (tertiary/aromatic N) is 2. The van der Waals surface area contributed by atoms with Gasteiger partial charge in [-0.1, -0.05) is 6.07 Å². The van der Waals surface area contributed by atoms with Gasteiger partial charge in [-0.2, -0.15) is 31.4 Å². The van der Waals surface area contributed by atoms with Crippen molar-refractivity contribution in [2.45, 2.75) is 19.3 Å². The van der Waals surface area contributed by atoms with E-state index in [9.17, 15) is 31.1 Å². The van der Waals surface area contributed by atoms with Crippen molar-refractivity contribution in [3.05, 3.63) is 47.3 Å². The van der Waals surface area contributed by atoms with Gasteiger partial charge in [0.05, 0.1) is 24.1 Å². The molecule has 2 rings (SSSR count). The second-order valence-electron chi connectivity index (χ2n) is 4.58. The summed E-state index contributed by atoms with van der Waals surface area (Å²) in [4.78, 5) is 11.6. The number of carbonyl (C=O) groups is 1. The third-order valence-electron chi connectivity index (χ3n) is 2.95. The first kappa shape index (κ1) is 17.8. The van der Waals surface area contributed by atoms with Crippen molar-refractivity contribution in [2.24, 2.45) is 0 Å². The van der Waals surface area contributed by atoms with Crippen LogP contribution in [0.15, 0.2) is 30.5 Å². The Kier molecular flexibility index (Phi) is 4.59. The number of halogens is 6. The lowest BCUT2D eigenvalue weighted by Gasteiger charge is -2.14. The van der Waals surface area contributed by atoms with Crippen LogP contribution in [0.3, 0.4) is 0 Å². The molecule has 0 aliphatic rings. The largest absolute Gasteiger partial charge is 0.462 e. The Hall–Kier alpha value is -2.52. The minimum Gasteiger partial charge on any atom is -0.462 e. The normalized spacial score (nSPS) is 12.3. The van der Waals surface area contributed by atoms with E-state index >= 15 is 0 Å². The van der Waals surface area contributed by atoms with E-state index in [0.717, 1.165) is 12.1 Å². The molecule has 0 amide bonds. The van der Waals surface area contributed by atoms with Crippen molar-refractivity contribution >= 4 is 5.97 Å². The van der Waals surface area contributed by atoms with E-state index < -0.39 is 40.8 Å². The number of carbonyl (C=O) groups excluding carboxylic acids is 1. The first-order chi connectivity index (χ1) is 11.1. The zero-order chi connectivity index (χ0) is 18.1. The van der Waals surface area contributed by atoms with Gasteiger partial charge in [0.2, 0.25) is 0 Å². The van der Waals surface area contributed by atoms with Gasteiger partial charge >= 0.3 is 18.3 Å². The van der Waals surface area contributed by atoms with Gasteiger partial charge in [0, 0.05) is 0 Å². The highest BCUT2D eigenvalue weighted by Gasteiger charge is 2.41. The van der Waals surface area contributed by atoms with Gasteiger partial charge in [-0.3, -0.25) is 0 Å². The third-order valence-corrected chi connectivity index (χ3v) is 2.95. The molecule has 0 aliphatic heterocycles. The van der Waals surface area contributed by atoms with Gasteiger partial charge in [0.15, 0.2) is 5.69 Å². The van der Waals surface area contributed by atoms with Gasteiger partial charge in [-0.15, -0.1) is 0 Å². The topological polar surface area (TPSA) is 44.1 Å². The number of aromatic nitrogens is 2. The summed E-state index contributed by atoms with van der Waals surface area (Å²) in [5.74, 6) is -1.26. The van der Waals surface area contributed by atoms with E-state index in [1.54, 1.807) is 0 Å². The van der Waals surface area contributed by atoms with Crippen LogP contribution in [-0.2, 0) is 17.1 Å². The van der Waals surface area contributed by atoms with E-state index in [-0.39, 0.29) is 11.3 Å². The summed E-state index contributed by atoms with van der Waals surface area (Å²) in [5.41, 5.74) is -3.99. The maximum Gasteiger partial charge on any atom is 0.434 e. The smallest absolute Gasteiger partial charge is 0.434 e. The lowest BCUT2D eigenvalue weighted by Crippen LogP contribution is -2.19. The van der Waals surface area contributed by atoms with E-state index in [1.165, 1.54) is 6.92 Å². The van der Waals surface area contributed by atoms with Gasteiger partial charge < -0.3 is 4.74 Å². The summed E-state index contributed by atoms with van der Waals surface area (Å²) in [5, 5.41) is 3.41. The molecule has 0 unspecified atom stereocenters. The predicted molar refractivity (Wildman–Crippen MR) is 69.5 cm³/mol. The fraction of sp³-hybridized carbons (Fsp3) is 0.286. The number of hydrogen-bond donors (Lipinski definition) is 0. The minimum absolute atomic E-state index is 0.162. The van der Waals surface area contributed by atoms with Crippen LogP contribution in [0.25, 0.3) is 5.69 Å². The van der Waals surface area contributed by atoms with Crippen molar-refractivity contribution in [2.75, 3.05) is 6.61 Å². The molecule has 2 aromatic rings. The highest BCUT2D eigenvalue weighted by Crippen LogP contribution is 2.35. The standard InChI is InChI=1S/C14H10F6N2O2/c1-2-24-12(23)10-7-21-22(11(10)14(18,19)20)9-5-3-4-8(6-9)13(15,16)17/h3-7H,2H2,1H3. The fourth-order valence-electron chi connectivity index (χ4n) is 1.99. The molecule has 1 aromatic carbocycles. The van der Waals surface area contributed by atoms with E-state index in [4.69, 9.17) is 0 Å². The Labute approximate surface area is 131 Å². The molecule has 0 N–H and O–H groups in total. The van der Waals surface area contributed by atoms with Crippen molar-refractivity contribution in [1.82, 2.24) is 9.78 Å². The summed E-state index contributed by atoms with van der Waals surface area (Å²) in [7, 11) is 0. The summed E-state index contributed by atoms with van der Waals surface area (Å²) in [6.45, 7) is 1.24. The van der Waals surface area contributed by atoms with Crippen LogP contribution in [-0.4, -0.2) is 22.4 Å². The average molecular weight is 352 g/mol. The molecular formula is C14H10F6N2O2. The lowest BCUT2D eigenvalue weighted by atomic mass is 10.2. The molecule has 0 aliphatic carbocycles. The summed E-state index contributed by atoms with van der Waals surface area (Å²) in [6.07, 6.45) is -9.14. The molecule has 1 heterocycles. The predicted octanol–water partition coefficient (Wildman–Crippen LogP) is 4.09. The number of esters is 1. The van der Waals surface area contributed by atoms with Crippen molar-refractivity contribution in [3.8, 4) is 5.69 Å². The highest BCUT2D eigenvalue weighted by atomic mass is 19.4.